The van der Waals surface area contributed by atoms with E-state index in [1.807, 2.05) is 18.3 Å². The van der Waals surface area contributed by atoms with Crippen LogP contribution >= 0.6 is 12.2 Å². The molecule has 2 rings (SSSR count). The molecule has 0 aromatic carbocycles. The first-order valence-electron chi connectivity index (χ1n) is 6.51. The van der Waals surface area contributed by atoms with Crippen LogP contribution in [-0.2, 0) is 6.42 Å². The first-order valence-corrected chi connectivity index (χ1v) is 6.92. The molecule has 0 amide bonds. The topological polar surface area (TPSA) is 75.3 Å². The maximum Gasteiger partial charge on any atom is 0.195 e. The fourth-order valence-electron chi connectivity index (χ4n) is 1.77. The number of hydrogen-bond donors (Lipinski definition) is 3. The molecular weight excluding hydrogens is 258 g/mol. The number of nitrogens with two attached hydrogens (primary N) is 1. The molecule has 5 nitrogen and oxygen atoms in total. The molecule has 1 aromatic rings. The van der Waals surface area contributed by atoms with Crippen molar-refractivity contribution in [3.05, 3.63) is 30.1 Å². The highest BCUT2D eigenvalue weighted by molar-refractivity contribution is 7.80. The van der Waals surface area contributed by atoms with Crippen molar-refractivity contribution in [1.82, 2.24) is 15.6 Å². The Labute approximate surface area is 118 Å². The lowest BCUT2D eigenvalue weighted by atomic mass is 9.94. The van der Waals surface area contributed by atoms with Gasteiger partial charge in [-0.15, -0.1) is 0 Å². The maximum atomic E-state index is 5.77. The number of guanidine groups is 1. The normalized spacial score (nSPS) is 15.7. The summed E-state index contributed by atoms with van der Waals surface area (Å²) in [6.45, 7) is 0.744. The minimum absolute atomic E-state index is 0.380. The lowest BCUT2D eigenvalue weighted by molar-refractivity contribution is 0.419. The van der Waals surface area contributed by atoms with E-state index < -0.39 is 0 Å². The fourth-order valence-corrected chi connectivity index (χ4v) is 1.98. The van der Waals surface area contributed by atoms with E-state index in [-0.39, 0.29) is 0 Å². The minimum atomic E-state index is 0.380. The molecule has 0 atom stereocenters. The van der Waals surface area contributed by atoms with E-state index in [9.17, 15) is 0 Å². The van der Waals surface area contributed by atoms with E-state index in [1.54, 1.807) is 6.20 Å². The Morgan fingerprint density at radius 1 is 1.53 bits per heavy atom. The average molecular weight is 277 g/mol. The minimum Gasteiger partial charge on any atom is -0.370 e. The molecule has 0 radical (unpaired) electrons. The van der Waals surface area contributed by atoms with Crippen LogP contribution in [0, 0.1) is 0 Å². The lowest BCUT2D eigenvalue weighted by Crippen LogP contribution is -2.44. The molecule has 1 aliphatic carbocycles. The number of rotatable bonds is 4. The summed E-state index contributed by atoms with van der Waals surface area (Å²) in [4.78, 5) is 8.40. The smallest absolute Gasteiger partial charge is 0.195 e. The van der Waals surface area contributed by atoms with Gasteiger partial charge in [0.1, 0.15) is 0 Å². The molecule has 1 aliphatic rings. The molecule has 0 aliphatic heterocycles. The molecule has 0 spiro atoms. The predicted octanol–water partition coefficient (Wildman–Crippen LogP) is 0.955. The number of nitrogens with zero attached hydrogens (tertiary/aromatic N) is 2. The molecule has 1 heterocycles. The Morgan fingerprint density at radius 2 is 2.37 bits per heavy atom. The number of aliphatic imine (C=N–C) groups is 1. The lowest BCUT2D eigenvalue weighted by Gasteiger charge is -2.21. The molecule has 102 valence electrons. The van der Waals surface area contributed by atoms with Gasteiger partial charge >= 0.3 is 0 Å². The molecule has 0 unspecified atom stereocenters. The number of thiocarbonyl (C=S) groups is 1. The van der Waals surface area contributed by atoms with Crippen LogP contribution in [0.15, 0.2) is 29.5 Å². The molecule has 1 saturated carbocycles. The summed E-state index contributed by atoms with van der Waals surface area (Å²) < 4.78 is 0. The number of hydrogen-bond acceptors (Lipinski definition) is 3. The summed E-state index contributed by atoms with van der Waals surface area (Å²) in [5, 5.41) is 6.52. The summed E-state index contributed by atoms with van der Waals surface area (Å²) in [6, 6.07) is 4.35. The highest BCUT2D eigenvalue weighted by Gasteiger charge is 2.16. The summed E-state index contributed by atoms with van der Waals surface area (Å²) in [7, 11) is 0. The first kappa shape index (κ1) is 13.7. The zero-order valence-electron chi connectivity index (χ0n) is 10.8. The quantitative estimate of drug-likeness (QED) is 0.434. The van der Waals surface area contributed by atoms with Crippen molar-refractivity contribution >= 4 is 23.3 Å². The van der Waals surface area contributed by atoms with Crippen molar-refractivity contribution in [1.29, 1.82) is 0 Å². The van der Waals surface area contributed by atoms with Gasteiger partial charge in [-0.05, 0) is 49.5 Å². The molecule has 4 N–H and O–H groups in total. The van der Waals surface area contributed by atoms with Gasteiger partial charge < -0.3 is 16.4 Å². The summed E-state index contributed by atoms with van der Waals surface area (Å²) >= 11 is 5.15. The second-order valence-electron chi connectivity index (χ2n) is 4.59. The van der Waals surface area contributed by atoms with Crippen molar-refractivity contribution in [2.75, 3.05) is 6.54 Å². The van der Waals surface area contributed by atoms with Crippen molar-refractivity contribution in [2.45, 2.75) is 31.7 Å². The van der Waals surface area contributed by atoms with E-state index in [2.05, 4.69) is 20.6 Å². The van der Waals surface area contributed by atoms with Gasteiger partial charge in [-0.3, -0.25) is 4.98 Å². The van der Waals surface area contributed by atoms with Crippen LogP contribution in [-0.4, -0.2) is 28.6 Å². The third kappa shape index (κ3) is 4.82. The fraction of sp³-hybridized carbons (Fsp3) is 0.462. The number of pyridine rings is 1. The summed E-state index contributed by atoms with van der Waals surface area (Å²) in [6.07, 6.45) is 7.99. The zero-order valence-corrected chi connectivity index (χ0v) is 11.6. The van der Waals surface area contributed by atoms with Gasteiger partial charge in [-0.2, -0.15) is 0 Å². The van der Waals surface area contributed by atoms with Crippen LogP contribution in [0.1, 0.15) is 24.8 Å². The molecular formula is C13H19N5S. The number of nitrogens with one attached hydrogen (secondary N) is 2. The van der Waals surface area contributed by atoms with E-state index >= 15 is 0 Å². The molecule has 1 aromatic heterocycles. The monoisotopic (exact) mass is 277 g/mol. The molecule has 0 saturated heterocycles. The Kier molecular flexibility index (Phi) is 5.09. The Bertz CT molecular complexity index is 442. The largest absolute Gasteiger partial charge is 0.370 e. The van der Waals surface area contributed by atoms with Crippen LogP contribution in [0.2, 0.25) is 0 Å². The maximum absolute atomic E-state index is 5.77. The summed E-state index contributed by atoms with van der Waals surface area (Å²) in [5.74, 6) is 0.406. The second-order valence-corrected chi connectivity index (χ2v) is 5.00. The first-order chi connectivity index (χ1) is 9.24. The van der Waals surface area contributed by atoms with Crippen LogP contribution < -0.4 is 16.4 Å². The van der Waals surface area contributed by atoms with E-state index in [1.165, 1.54) is 12.0 Å². The zero-order chi connectivity index (χ0) is 13.5. The predicted molar refractivity (Wildman–Crippen MR) is 80.9 cm³/mol. The van der Waals surface area contributed by atoms with E-state index in [0.717, 1.165) is 25.8 Å². The van der Waals surface area contributed by atoms with Crippen LogP contribution in [0.25, 0.3) is 0 Å². The highest BCUT2D eigenvalue weighted by atomic mass is 32.1. The third-order valence-corrected chi connectivity index (χ3v) is 3.31. The number of aromatic nitrogens is 1. The summed E-state index contributed by atoms with van der Waals surface area (Å²) in [5.41, 5.74) is 6.94. The highest BCUT2D eigenvalue weighted by Crippen LogP contribution is 2.21. The Hall–Kier alpha value is -1.69. The van der Waals surface area contributed by atoms with Crippen molar-refractivity contribution < 1.29 is 0 Å². The van der Waals surface area contributed by atoms with Gasteiger partial charge in [0.2, 0.25) is 0 Å². The average Bonchev–Trinajstić information content (AvgIpc) is 2.35. The van der Waals surface area contributed by atoms with E-state index in [4.69, 9.17) is 18.0 Å². The van der Waals surface area contributed by atoms with Crippen LogP contribution in [0.5, 0.6) is 0 Å². The Balaban J connectivity index is 1.65. The van der Waals surface area contributed by atoms with Gasteiger partial charge in [0.25, 0.3) is 0 Å². The SMILES string of the molecule is NC(=NC1CCC1)NC(=S)NCCc1cccnc1. The van der Waals surface area contributed by atoms with Gasteiger partial charge in [0.05, 0.1) is 6.04 Å². The van der Waals surface area contributed by atoms with Gasteiger partial charge in [0, 0.05) is 18.9 Å². The standard InChI is InChI=1S/C13H19N5S/c14-12(17-11-4-1-5-11)18-13(19)16-8-6-10-3-2-7-15-9-10/h2-3,7,9,11H,1,4-6,8H2,(H4,14,16,17,18,19). The van der Waals surface area contributed by atoms with Crippen molar-refractivity contribution in [3.63, 3.8) is 0 Å². The van der Waals surface area contributed by atoms with Crippen LogP contribution in [0.4, 0.5) is 0 Å². The van der Waals surface area contributed by atoms with Gasteiger partial charge in [0.15, 0.2) is 11.1 Å². The van der Waals surface area contributed by atoms with Crippen LogP contribution in [0.3, 0.4) is 0 Å². The van der Waals surface area contributed by atoms with Crippen molar-refractivity contribution in [2.24, 2.45) is 10.7 Å². The molecule has 6 heteroatoms. The van der Waals surface area contributed by atoms with E-state index in [0.29, 0.717) is 17.1 Å². The van der Waals surface area contributed by atoms with Crippen molar-refractivity contribution in [3.8, 4) is 0 Å². The van der Waals surface area contributed by atoms with Gasteiger partial charge in [-0.25, -0.2) is 4.99 Å². The second kappa shape index (κ2) is 7.04. The third-order valence-electron chi connectivity index (χ3n) is 3.06. The van der Waals surface area contributed by atoms with Gasteiger partial charge in [-0.1, -0.05) is 6.07 Å². The molecule has 19 heavy (non-hydrogen) atoms. The molecule has 1 fully saturated rings. The Morgan fingerprint density at radius 3 is 3.00 bits per heavy atom. The molecule has 0 bridgehead atoms.